The number of hydrogen-bond donors (Lipinski definition) is 0. The van der Waals surface area contributed by atoms with Gasteiger partial charge in [-0.25, -0.2) is 0 Å². The summed E-state index contributed by atoms with van der Waals surface area (Å²) in [7, 11) is 1.90. The van der Waals surface area contributed by atoms with E-state index in [1.165, 1.54) is 12.8 Å². The van der Waals surface area contributed by atoms with Crippen molar-refractivity contribution in [2.45, 2.75) is 45.6 Å². The Kier molecular flexibility index (Phi) is 5.09. The summed E-state index contributed by atoms with van der Waals surface area (Å²) < 4.78 is 5.14. The first-order valence-electron chi connectivity index (χ1n) is 5.98. The molecule has 3 nitrogen and oxygen atoms in total. The van der Waals surface area contributed by atoms with Gasteiger partial charge in [0.05, 0.1) is 0 Å². The van der Waals surface area contributed by atoms with Crippen molar-refractivity contribution in [2.24, 2.45) is 5.92 Å². The largest absolute Gasteiger partial charge is 0.372 e. The molecule has 0 unspecified atom stereocenters. The van der Waals surface area contributed by atoms with Gasteiger partial charge in [0.25, 0.3) is 0 Å². The highest BCUT2D eigenvalue weighted by Gasteiger charge is 2.24. The van der Waals surface area contributed by atoms with E-state index < -0.39 is 0 Å². The molecule has 1 amide bonds. The van der Waals surface area contributed by atoms with E-state index in [4.69, 9.17) is 4.74 Å². The Morgan fingerprint density at radius 3 is 2.47 bits per heavy atom. The number of nitrogens with zero attached hydrogens (tertiary/aromatic N) is 1. The molecule has 0 atom stereocenters. The monoisotopic (exact) mass is 213 g/mol. The van der Waals surface area contributed by atoms with Crippen LogP contribution < -0.4 is 0 Å². The van der Waals surface area contributed by atoms with Gasteiger partial charge in [-0.3, -0.25) is 4.79 Å². The Morgan fingerprint density at radius 2 is 1.93 bits per heavy atom. The summed E-state index contributed by atoms with van der Waals surface area (Å²) in [6.45, 7) is 5.05. The molecule has 0 bridgehead atoms. The minimum absolute atomic E-state index is 0.122. The highest BCUT2D eigenvalue weighted by Crippen LogP contribution is 2.26. The van der Waals surface area contributed by atoms with Crippen molar-refractivity contribution in [3.8, 4) is 0 Å². The van der Waals surface area contributed by atoms with Crippen LogP contribution in [0.15, 0.2) is 0 Å². The van der Waals surface area contributed by atoms with Gasteiger partial charge in [0.15, 0.2) is 0 Å². The first-order chi connectivity index (χ1) is 7.15. The maximum atomic E-state index is 11.7. The van der Waals surface area contributed by atoms with Gasteiger partial charge in [0, 0.05) is 19.7 Å². The summed E-state index contributed by atoms with van der Waals surface area (Å²) in [5.41, 5.74) is 0. The highest BCUT2D eigenvalue weighted by molar-refractivity contribution is 5.77. The molecule has 0 aromatic carbocycles. The van der Waals surface area contributed by atoms with E-state index in [1.807, 2.05) is 18.9 Å². The van der Waals surface area contributed by atoms with Crippen LogP contribution in [-0.2, 0) is 9.53 Å². The maximum Gasteiger partial charge on any atom is 0.248 e. The smallest absolute Gasteiger partial charge is 0.248 e. The Labute approximate surface area is 92.8 Å². The van der Waals surface area contributed by atoms with E-state index in [0.29, 0.717) is 12.6 Å². The lowest BCUT2D eigenvalue weighted by molar-refractivity contribution is -0.137. The van der Waals surface area contributed by atoms with Gasteiger partial charge < -0.3 is 9.64 Å². The predicted octanol–water partition coefficient (Wildman–Crippen LogP) is 2.06. The van der Waals surface area contributed by atoms with E-state index in [1.54, 1.807) is 0 Å². The Balaban J connectivity index is 2.32. The molecule has 0 radical (unpaired) electrons. The zero-order valence-electron chi connectivity index (χ0n) is 10.2. The topological polar surface area (TPSA) is 29.5 Å². The van der Waals surface area contributed by atoms with Gasteiger partial charge in [0.1, 0.15) is 6.61 Å². The number of hydrogen-bond acceptors (Lipinski definition) is 2. The molecule has 0 aliphatic heterocycles. The Morgan fingerprint density at radius 1 is 1.33 bits per heavy atom. The Bertz CT molecular complexity index is 198. The second kappa shape index (κ2) is 6.11. The third-order valence-corrected chi connectivity index (χ3v) is 3.36. The van der Waals surface area contributed by atoms with Crippen LogP contribution in [0.25, 0.3) is 0 Å². The number of carbonyl (C=O) groups excluding carboxylic acids is 1. The summed E-state index contributed by atoms with van der Waals surface area (Å²) in [6.07, 6.45) is 4.79. The molecule has 0 aromatic heterocycles. The third kappa shape index (κ3) is 3.82. The van der Waals surface area contributed by atoms with Crippen LogP contribution in [0.3, 0.4) is 0 Å². The molecule has 3 heteroatoms. The minimum atomic E-state index is 0.122. The van der Waals surface area contributed by atoms with Crippen molar-refractivity contribution >= 4 is 5.91 Å². The predicted molar refractivity (Wildman–Crippen MR) is 60.7 cm³/mol. The van der Waals surface area contributed by atoms with Crippen LogP contribution in [-0.4, -0.2) is 37.1 Å². The summed E-state index contributed by atoms with van der Waals surface area (Å²) in [4.78, 5) is 13.6. The summed E-state index contributed by atoms with van der Waals surface area (Å²) >= 11 is 0. The van der Waals surface area contributed by atoms with Crippen molar-refractivity contribution in [1.29, 1.82) is 0 Å². The number of carbonyl (C=O) groups is 1. The molecular weight excluding hydrogens is 190 g/mol. The van der Waals surface area contributed by atoms with Gasteiger partial charge in [-0.1, -0.05) is 6.92 Å². The van der Waals surface area contributed by atoms with Crippen LogP contribution >= 0.6 is 0 Å². The second-order valence-electron chi connectivity index (χ2n) is 4.56. The lowest BCUT2D eigenvalue weighted by Crippen LogP contribution is -2.41. The third-order valence-electron chi connectivity index (χ3n) is 3.36. The van der Waals surface area contributed by atoms with Gasteiger partial charge in [0.2, 0.25) is 5.91 Å². The number of ether oxygens (including phenoxy) is 1. The molecule has 0 N–H and O–H groups in total. The van der Waals surface area contributed by atoms with Gasteiger partial charge >= 0.3 is 0 Å². The van der Waals surface area contributed by atoms with Crippen LogP contribution in [0, 0.1) is 5.92 Å². The summed E-state index contributed by atoms with van der Waals surface area (Å²) in [6, 6.07) is 0.439. The maximum absolute atomic E-state index is 11.7. The molecule has 1 rings (SSSR count). The quantitative estimate of drug-likeness (QED) is 0.715. The lowest BCUT2D eigenvalue weighted by atomic mass is 9.87. The SMILES string of the molecule is CCOCC(=O)N(C)C1CCC(C)CC1. The van der Waals surface area contributed by atoms with Crippen molar-refractivity contribution in [3.63, 3.8) is 0 Å². The molecule has 1 aliphatic rings. The number of amides is 1. The molecule has 1 fully saturated rings. The first-order valence-corrected chi connectivity index (χ1v) is 5.98. The van der Waals surface area contributed by atoms with E-state index in [-0.39, 0.29) is 12.5 Å². The van der Waals surface area contributed by atoms with Crippen LogP contribution in [0.2, 0.25) is 0 Å². The fraction of sp³-hybridized carbons (Fsp3) is 0.917. The fourth-order valence-corrected chi connectivity index (χ4v) is 2.12. The first kappa shape index (κ1) is 12.5. The zero-order chi connectivity index (χ0) is 11.3. The van der Waals surface area contributed by atoms with Crippen LogP contribution in [0.5, 0.6) is 0 Å². The van der Waals surface area contributed by atoms with Crippen molar-refractivity contribution in [3.05, 3.63) is 0 Å². The van der Waals surface area contributed by atoms with Crippen LogP contribution in [0.4, 0.5) is 0 Å². The molecule has 0 heterocycles. The molecule has 15 heavy (non-hydrogen) atoms. The van der Waals surface area contributed by atoms with E-state index in [0.717, 1.165) is 18.8 Å². The van der Waals surface area contributed by atoms with Crippen molar-refractivity contribution in [2.75, 3.05) is 20.3 Å². The lowest BCUT2D eigenvalue weighted by Gasteiger charge is -2.33. The Hall–Kier alpha value is -0.570. The second-order valence-corrected chi connectivity index (χ2v) is 4.56. The standard InChI is InChI=1S/C12H23NO2/c1-4-15-9-12(14)13(3)11-7-5-10(2)6-8-11/h10-11H,4-9H2,1-3H3. The average Bonchev–Trinajstić information content (AvgIpc) is 2.26. The molecule has 0 spiro atoms. The number of likely N-dealkylation sites (N-methyl/N-ethyl adjacent to an activating group) is 1. The van der Waals surface area contributed by atoms with Crippen molar-refractivity contribution < 1.29 is 9.53 Å². The molecule has 1 saturated carbocycles. The fourth-order valence-electron chi connectivity index (χ4n) is 2.12. The van der Waals surface area contributed by atoms with E-state index in [9.17, 15) is 4.79 Å². The minimum Gasteiger partial charge on any atom is -0.372 e. The van der Waals surface area contributed by atoms with Gasteiger partial charge in [-0.05, 0) is 38.5 Å². The highest BCUT2D eigenvalue weighted by atomic mass is 16.5. The van der Waals surface area contributed by atoms with E-state index in [2.05, 4.69) is 6.92 Å². The molecule has 1 aliphatic carbocycles. The zero-order valence-corrected chi connectivity index (χ0v) is 10.2. The molecular formula is C12H23NO2. The summed E-state index contributed by atoms with van der Waals surface area (Å²) in [5, 5.41) is 0. The molecule has 88 valence electrons. The van der Waals surface area contributed by atoms with Crippen LogP contribution in [0.1, 0.15) is 39.5 Å². The number of rotatable bonds is 4. The summed E-state index contributed by atoms with van der Waals surface area (Å²) in [5.74, 6) is 0.952. The van der Waals surface area contributed by atoms with Gasteiger partial charge in [-0.2, -0.15) is 0 Å². The normalized spacial score (nSPS) is 26.3. The van der Waals surface area contributed by atoms with Gasteiger partial charge in [-0.15, -0.1) is 0 Å². The molecule has 0 aromatic rings. The van der Waals surface area contributed by atoms with Crippen molar-refractivity contribution in [1.82, 2.24) is 4.90 Å². The molecule has 0 saturated heterocycles. The average molecular weight is 213 g/mol. The van der Waals surface area contributed by atoms with E-state index >= 15 is 0 Å².